The van der Waals surface area contributed by atoms with E-state index in [0.29, 0.717) is 39.1 Å². The van der Waals surface area contributed by atoms with E-state index < -0.39 is 23.4 Å². The molecule has 1 N–H and O–H groups in total. The second kappa shape index (κ2) is 6.02. The minimum absolute atomic E-state index is 0.00297. The zero-order chi connectivity index (χ0) is 15.6. The number of rotatable bonds is 1. The summed E-state index contributed by atoms with van der Waals surface area (Å²) in [5.41, 5.74) is -0.00297. The molecule has 2 aliphatic heterocycles. The van der Waals surface area contributed by atoms with Gasteiger partial charge < -0.3 is 19.7 Å². The summed E-state index contributed by atoms with van der Waals surface area (Å²) in [6.45, 7) is 1.87. The molecule has 2 saturated heterocycles. The fourth-order valence-electron chi connectivity index (χ4n) is 2.72. The predicted molar refractivity (Wildman–Crippen MR) is 75.5 cm³/mol. The third kappa shape index (κ3) is 2.95. The van der Waals surface area contributed by atoms with Crippen molar-refractivity contribution >= 4 is 17.5 Å². The zero-order valence-electron chi connectivity index (χ0n) is 12.0. The molecule has 0 aromatic heterocycles. The minimum atomic E-state index is -0.839. The van der Waals surface area contributed by atoms with E-state index in [2.05, 4.69) is 5.32 Å². The van der Waals surface area contributed by atoms with Gasteiger partial charge in [0.1, 0.15) is 5.82 Å². The van der Waals surface area contributed by atoms with Gasteiger partial charge in [-0.05, 0) is 12.1 Å². The van der Waals surface area contributed by atoms with Gasteiger partial charge in [0, 0.05) is 25.9 Å². The number of hydrogen-bond acceptors (Lipinski definition) is 4. The maximum Gasteiger partial charge on any atom is 0.313 e. The van der Waals surface area contributed by atoms with Gasteiger partial charge in [0.15, 0.2) is 5.79 Å². The van der Waals surface area contributed by atoms with Crippen LogP contribution in [-0.2, 0) is 19.1 Å². The molecule has 2 amide bonds. The molecule has 2 heterocycles. The Balaban J connectivity index is 1.58. The van der Waals surface area contributed by atoms with Crippen LogP contribution in [-0.4, -0.2) is 48.8 Å². The first-order valence-corrected chi connectivity index (χ1v) is 7.22. The van der Waals surface area contributed by atoms with Gasteiger partial charge in [-0.2, -0.15) is 0 Å². The van der Waals surface area contributed by atoms with Gasteiger partial charge in [0.25, 0.3) is 0 Å². The molecule has 1 aromatic carbocycles. The van der Waals surface area contributed by atoms with Gasteiger partial charge in [-0.3, -0.25) is 9.59 Å². The summed E-state index contributed by atoms with van der Waals surface area (Å²) >= 11 is 0. The largest absolute Gasteiger partial charge is 0.347 e. The Morgan fingerprint density at radius 1 is 1.14 bits per heavy atom. The Bertz CT molecular complexity index is 577. The van der Waals surface area contributed by atoms with Crippen molar-refractivity contribution in [1.29, 1.82) is 0 Å². The second-order valence-corrected chi connectivity index (χ2v) is 5.33. The SMILES string of the molecule is O=C(Nc1ccccc1F)C(=O)N1CCC2(CC1)OCCO2. The lowest BCUT2D eigenvalue weighted by atomic mass is 10.0. The van der Waals surface area contributed by atoms with Crippen LogP contribution in [0.3, 0.4) is 0 Å². The first kappa shape index (κ1) is 14.9. The standard InChI is InChI=1S/C15H17FN2O4/c16-11-3-1-2-4-12(11)17-13(19)14(20)18-7-5-15(6-8-18)21-9-10-22-15/h1-4H,5-10H2,(H,17,19). The van der Waals surface area contributed by atoms with Crippen molar-refractivity contribution in [2.75, 3.05) is 31.6 Å². The van der Waals surface area contributed by atoms with Crippen LogP contribution < -0.4 is 5.32 Å². The highest BCUT2D eigenvalue weighted by Crippen LogP contribution is 2.31. The number of hydrogen-bond donors (Lipinski definition) is 1. The molecule has 7 heteroatoms. The van der Waals surface area contributed by atoms with Gasteiger partial charge in [0.2, 0.25) is 0 Å². The van der Waals surface area contributed by atoms with E-state index in [-0.39, 0.29) is 5.69 Å². The number of anilines is 1. The number of carbonyl (C=O) groups excluding carboxylic acids is 2. The Kier molecular flexibility index (Phi) is 4.08. The first-order valence-electron chi connectivity index (χ1n) is 7.22. The average Bonchev–Trinajstić information content (AvgIpc) is 2.98. The maximum atomic E-state index is 13.5. The second-order valence-electron chi connectivity index (χ2n) is 5.33. The van der Waals surface area contributed by atoms with Crippen LogP contribution in [0.25, 0.3) is 0 Å². The van der Waals surface area contributed by atoms with E-state index in [1.165, 1.54) is 23.1 Å². The van der Waals surface area contributed by atoms with Crippen molar-refractivity contribution in [2.45, 2.75) is 18.6 Å². The van der Waals surface area contributed by atoms with Gasteiger partial charge in [-0.15, -0.1) is 0 Å². The first-order chi connectivity index (χ1) is 10.6. The van der Waals surface area contributed by atoms with Crippen molar-refractivity contribution in [3.63, 3.8) is 0 Å². The van der Waals surface area contributed by atoms with Crippen LogP contribution in [0, 0.1) is 5.82 Å². The molecule has 3 rings (SSSR count). The van der Waals surface area contributed by atoms with Crippen LogP contribution in [0.2, 0.25) is 0 Å². The van der Waals surface area contributed by atoms with E-state index in [4.69, 9.17) is 9.47 Å². The number of nitrogens with one attached hydrogen (secondary N) is 1. The Morgan fingerprint density at radius 2 is 1.77 bits per heavy atom. The van der Waals surface area contributed by atoms with Crippen molar-refractivity contribution in [1.82, 2.24) is 4.90 Å². The molecule has 0 saturated carbocycles. The number of likely N-dealkylation sites (tertiary alicyclic amines) is 1. The zero-order valence-corrected chi connectivity index (χ0v) is 12.0. The lowest BCUT2D eigenvalue weighted by Gasteiger charge is -2.37. The molecule has 22 heavy (non-hydrogen) atoms. The highest BCUT2D eigenvalue weighted by atomic mass is 19.1. The van der Waals surface area contributed by atoms with Crippen LogP contribution in [0.15, 0.2) is 24.3 Å². The normalized spacial score (nSPS) is 20.1. The molecule has 6 nitrogen and oxygen atoms in total. The smallest absolute Gasteiger partial charge is 0.313 e. The van der Waals surface area contributed by atoms with Gasteiger partial charge >= 0.3 is 11.8 Å². The fraction of sp³-hybridized carbons (Fsp3) is 0.467. The highest BCUT2D eigenvalue weighted by molar-refractivity contribution is 6.39. The van der Waals surface area contributed by atoms with Gasteiger partial charge in [-0.25, -0.2) is 4.39 Å². The lowest BCUT2D eigenvalue weighted by Crippen LogP contribution is -2.50. The van der Waals surface area contributed by atoms with Gasteiger partial charge in [-0.1, -0.05) is 12.1 Å². The number of piperidine rings is 1. The highest BCUT2D eigenvalue weighted by Gasteiger charge is 2.41. The van der Waals surface area contributed by atoms with E-state index in [1.807, 2.05) is 0 Å². The lowest BCUT2D eigenvalue weighted by molar-refractivity contribution is -0.187. The molecule has 0 bridgehead atoms. The Labute approximate surface area is 127 Å². The van der Waals surface area contributed by atoms with Crippen LogP contribution in [0.4, 0.5) is 10.1 Å². The molecule has 2 fully saturated rings. The van der Waals surface area contributed by atoms with Crippen molar-refractivity contribution in [3.8, 4) is 0 Å². The molecule has 2 aliphatic rings. The van der Waals surface area contributed by atoms with Crippen molar-refractivity contribution < 1.29 is 23.5 Å². The number of ether oxygens (including phenoxy) is 2. The van der Waals surface area contributed by atoms with E-state index in [9.17, 15) is 14.0 Å². The molecule has 0 atom stereocenters. The number of para-hydroxylation sites is 1. The molecular weight excluding hydrogens is 291 g/mol. The van der Waals surface area contributed by atoms with E-state index in [0.717, 1.165) is 0 Å². The summed E-state index contributed by atoms with van der Waals surface area (Å²) in [7, 11) is 0. The van der Waals surface area contributed by atoms with Crippen LogP contribution >= 0.6 is 0 Å². The number of amides is 2. The third-order valence-corrected chi connectivity index (χ3v) is 3.94. The summed E-state index contributed by atoms with van der Waals surface area (Å²) < 4.78 is 24.6. The van der Waals surface area contributed by atoms with E-state index in [1.54, 1.807) is 6.07 Å². The maximum absolute atomic E-state index is 13.5. The summed E-state index contributed by atoms with van der Waals surface area (Å²) in [5.74, 6) is -2.68. The summed E-state index contributed by atoms with van der Waals surface area (Å²) in [4.78, 5) is 25.5. The molecule has 0 radical (unpaired) electrons. The fourth-order valence-corrected chi connectivity index (χ4v) is 2.72. The molecule has 118 valence electrons. The molecule has 0 aliphatic carbocycles. The number of carbonyl (C=O) groups is 2. The summed E-state index contributed by atoms with van der Waals surface area (Å²) in [6.07, 6.45) is 1.07. The molecule has 1 spiro atoms. The quantitative estimate of drug-likeness (QED) is 0.790. The molecular formula is C15H17FN2O4. The average molecular weight is 308 g/mol. The monoisotopic (exact) mass is 308 g/mol. The molecule has 0 unspecified atom stereocenters. The van der Waals surface area contributed by atoms with Crippen molar-refractivity contribution in [2.24, 2.45) is 0 Å². The van der Waals surface area contributed by atoms with Crippen LogP contribution in [0.1, 0.15) is 12.8 Å². The predicted octanol–water partition coefficient (Wildman–Crippen LogP) is 1.13. The number of halogens is 1. The molecule has 1 aromatic rings. The number of nitrogens with zero attached hydrogens (tertiary/aromatic N) is 1. The third-order valence-electron chi connectivity index (χ3n) is 3.94. The topological polar surface area (TPSA) is 67.9 Å². The Hall–Kier alpha value is -1.99. The minimum Gasteiger partial charge on any atom is -0.347 e. The van der Waals surface area contributed by atoms with E-state index >= 15 is 0 Å². The Morgan fingerprint density at radius 3 is 2.41 bits per heavy atom. The summed E-state index contributed by atoms with van der Waals surface area (Å²) in [5, 5.41) is 2.30. The van der Waals surface area contributed by atoms with Gasteiger partial charge in [0.05, 0.1) is 18.9 Å². The number of benzene rings is 1. The van der Waals surface area contributed by atoms with Crippen LogP contribution in [0.5, 0.6) is 0 Å². The summed E-state index contributed by atoms with van der Waals surface area (Å²) in [6, 6.07) is 5.73. The van der Waals surface area contributed by atoms with Crippen molar-refractivity contribution in [3.05, 3.63) is 30.1 Å².